The van der Waals surface area contributed by atoms with Crippen molar-refractivity contribution in [2.24, 2.45) is 0 Å². The molecule has 1 aromatic carbocycles. The zero-order chi connectivity index (χ0) is 15.2. The molecule has 0 saturated carbocycles. The predicted molar refractivity (Wildman–Crippen MR) is 84.3 cm³/mol. The summed E-state index contributed by atoms with van der Waals surface area (Å²) in [5, 5.41) is 2.85. The van der Waals surface area contributed by atoms with Crippen molar-refractivity contribution in [3.63, 3.8) is 0 Å². The van der Waals surface area contributed by atoms with Crippen LogP contribution in [0.1, 0.15) is 33.3 Å². The Balaban J connectivity index is 3.00. The second-order valence-electron chi connectivity index (χ2n) is 5.54. The maximum Gasteiger partial charge on any atom is 0.248 e. The summed E-state index contributed by atoms with van der Waals surface area (Å²) in [6, 6.07) is 5.86. The molecule has 0 aliphatic carbocycles. The fourth-order valence-electron chi connectivity index (χ4n) is 1.70. The second kappa shape index (κ2) is 6.94. The molecule has 0 unspecified atom stereocenters. The highest BCUT2D eigenvalue weighted by molar-refractivity contribution is 6.00. The lowest BCUT2D eigenvalue weighted by Crippen LogP contribution is -2.14. The number of ether oxygens (including phenoxy) is 1. The lowest BCUT2D eigenvalue weighted by Gasteiger charge is -2.21. The molecule has 0 heterocycles. The van der Waals surface area contributed by atoms with Crippen molar-refractivity contribution in [2.45, 2.75) is 33.1 Å². The van der Waals surface area contributed by atoms with Crippen LogP contribution in [0.2, 0.25) is 0 Å². The molecule has 1 rings (SSSR count). The number of carbonyl (C=O) groups excluding carboxylic acids is 1. The zero-order valence-electron chi connectivity index (χ0n) is 12.9. The van der Waals surface area contributed by atoms with Gasteiger partial charge in [-0.15, -0.1) is 0 Å². The third-order valence-electron chi connectivity index (χ3n) is 2.87. The van der Waals surface area contributed by atoms with Crippen LogP contribution in [0, 0.1) is 0 Å². The lowest BCUT2D eigenvalue weighted by atomic mass is 9.87. The Hall–Kier alpha value is -2.03. The van der Waals surface area contributed by atoms with E-state index < -0.39 is 0 Å². The molecule has 0 atom stereocenters. The highest BCUT2D eigenvalue weighted by atomic mass is 16.5. The van der Waals surface area contributed by atoms with Crippen molar-refractivity contribution < 1.29 is 9.53 Å². The first-order valence-electron chi connectivity index (χ1n) is 6.67. The first-order chi connectivity index (χ1) is 9.38. The Morgan fingerprint density at radius 3 is 2.50 bits per heavy atom. The Morgan fingerprint density at radius 1 is 1.25 bits per heavy atom. The second-order valence-corrected chi connectivity index (χ2v) is 5.54. The molecule has 0 aliphatic heterocycles. The molecule has 1 N–H and O–H groups in total. The van der Waals surface area contributed by atoms with Gasteiger partial charge in [-0.05, 0) is 30.0 Å². The molecule has 0 bridgehead atoms. The number of benzene rings is 1. The first-order valence-corrected chi connectivity index (χ1v) is 6.67. The van der Waals surface area contributed by atoms with Crippen LogP contribution in [0.15, 0.2) is 42.5 Å². The van der Waals surface area contributed by atoms with Crippen LogP contribution in [0.4, 0.5) is 5.69 Å². The molecule has 0 radical (unpaired) electrons. The smallest absolute Gasteiger partial charge is 0.248 e. The topological polar surface area (TPSA) is 38.3 Å². The Labute approximate surface area is 121 Å². The van der Waals surface area contributed by atoms with E-state index in [1.807, 2.05) is 37.3 Å². The number of nitrogens with one attached hydrogen (secondary N) is 1. The van der Waals surface area contributed by atoms with Gasteiger partial charge in [0, 0.05) is 6.08 Å². The SMILES string of the molecule is C/C=C/C=C/C(=O)Nc1cc(C(C)(C)C)ccc1OC. The van der Waals surface area contributed by atoms with E-state index in [-0.39, 0.29) is 11.3 Å². The summed E-state index contributed by atoms with van der Waals surface area (Å²) in [5.41, 5.74) is 1.85. The normalized spacial score (nSPS) is 12.1. The average molecular weight is 273 g/mol. The number of methoxy groups -OCH3 is 1. The quantitative estimate of drug-likeness (QED) is 0.663. The van der Waals surface area contributed by atoms with Gasteiger partial charge in [0.25, 0.3) is 0 Å². The maximum atomic E-state index is 11.8. The molecule has 108 valence electrons. The van der Waals surface area contributed by atoms with Crippen molar-refractivity contribution >= 4 is 11.6 Å². The van der Waals surface area contributed by atoms with E-state index in [1.54, 1.807) is 13.2 Å². The molecule has 0 aromatic heterocycles. The summed E-state index contributed by atoms with van der Waals surface area (Å²) in [5.74, 6) is 0.484. The Morgan fingerprint density at radius 2 is 1.95 bits per heavy atom. The minimum Gasteiger partial charge on any atom is -0.495 e. The Bertz CT molecular complexity index is 522. The number of allylic oxidation sites excluding steroid dienone is 3. The summed E-state index contributed by atoms with van der Waals surface area (Å²) in [7, 11) is 1.59. The van der Waals surface area contributed by atoms with Crippen LogP contribution in [-0.2, 0) is 10.2 Å². The zero-order valence-corrected chi connectivity index (χ0v) is 12.9. The highest BCUT2D eigenvalue weighted by Crippen LogP contribution is 2.31. The monoisotopic (exact) mass is 273 g/mol. The van der Waals surface area contributed by atoms with E-state index in [9.17, 15) is 4.79 Å². The van der Waals surface area contributed by atoms with Gasteiger partial charge < -0.3 is 10.1 Å². The van der Waals surface area contributed by atoms with E-state index >= 15 is 0 Å². The summed E-state index contributed by atoms with van der Waals surface area (Å²) in [4.78, 5) is 11.8. The fourth-order valence-corrected chi connectivity index (χ4v) is 1.70. The van der Waals surface area contributed by atoms with Crippen LogP contribution in [0.5, 0.6) is 5.75 Å². The van der Waals surface area contributed by atoms with Gasteiger partial charge in [-0.1, -0.05) is 45.1 Å². The minimum absolute atomic E-state index is 0.0204. The molecule has 20 heavy (non-hydrogen) atoms. The molecular weight excluding hydrogens is 250 g/mol. The number of carbonyl (C=O) groups is 1. The summed E-state index contributed by atoms with van der Waals surface area (Å²) >= 11 is 0. The summed E-state index contributed by atoms with van der Waals surface area (Å²) in [6.07, 6.45) is 6.87. The van der Waals surface area contributed by atoms with E-state index in [0.717, 1.165) is 5.56 Å². The maximum absolute atomic E-state index is 11.8. The van der Waals surface area contributed by atoms with Crippen molar-refractivity contribution in [1.82, 2.24) is 0 Å². The summed E-state index contributed by atoms with van der Waals surface area (Å²) in [6.45, 7) is 8.29. The van der Waals surface area contributed by atoms with Crippen LogP contribution in [0.3, 0.4) is 0 Å². The molecule has 0 spiro atoms. The van der Waals surface area contributed by atoms with Crippen molar-refractivity contribution in [1.29, 1.82) is 0 Å². The van der Waals surface area contributed by atoms with Crippen LogP contribution < -0.4 is 10.1 Å². The molecule has 3 nitrogen and oxygen atoms in total. The van der Waals surface area contributed by atoms with Crippen molar-refractivity contribution in [3.05, 3.63) is 48.1 Å². The van der Waals surface area contributed by atoms with Crippen LogP contribution in [-0.4, -0.2) is 13.0 Å². The number of rotatable bonds is 4. The van der Waals surface area contributed by atoms with E-state index in [0.29, 0.717) is 11.4 Å². The molecule has 0 aliphatic rings. The van der Waals surface area contributed by atoms with Gasteiger partial charge in [0.2, 0.25) is 5.91 Å². The molecule has 1 amide bonds. The van der Waals surface area contributed by atoms with Gasteiger partial charge in [0.05, 0.1) is 12.8 Å². The molecule has 0 saturated heterocycles. The van der Waals surface area contributed by atoms with Gasteiger partial charge in [0.15, 0.2) is 0 Å². The van der Waals surface area contributed by atoms with Crippen molar-refractivity contribution in [2.75, 3.05) is 12.4 Å². The fraction of sp³-hybridized carbons (Fsp3) is 0.353. The van der Waals surface area contributed by atoms with Gasteiger partial charge in [-0.3, -0.25) is 4.79 Å². The molecule has 1 aromatic rings. The van der Waals surface area contributed by atoms with Crippen LogP contribution >= 0.6 is 0 Å². The van der Waals surface area contributed by atoms with Gasteiger partial charge >= 0.3 is 0 Å². The number of amides is 1. The lowest BCUT2D eigenvalue weighted by molar-refractivity contribution is -0.111. The molecule has 0 fully saturated rings. The number of anilines is 1. The van der Waals surface area contributed by atoms with Crippen molar-refractivity contribution in [3.8, 4) is 5.75 Å². The first kappa shape index (κ1) is 16.0. The number of hydrogen-bond acceptors (Lipinski definition) is 2. The number of hydrogen-bond donors (Lipinski definition) is 1. The van der Waals surface area contributed by atoms with Crippen LogP contribution in [0.25, 0.3) is 0 Å². The minimum atomic E-state index is -0.174. The van der Waals surface area contributed by atoms with Gasteiger partial charge in [0.1, 0.15) is 5.75 Å². The predicted octanol–water partition coefficient (Wildman–Crippen LogP) is 4.06. The van der Waals surface area contributed by atoms with E-state index in [2.05, 4.69) is 26.1 Å². The molecule has 3 heteroatoms. The highest BCUT2D eigenvalue weighted by Gasteiger charge is 2.16. The summed E-state index contributed by atoms with van der Waals surface area (Å²) < 4.78 is 5.29. The molecular formula is C17H23NO2. The largest absolute Gasteiger partial charge is 0.495 e. The standard InChI is InChI=1S/C17H23NO2/c1-6-7-8-9-16(19)18-14-12-13(17(2,3)4)10-11-15(14)20-5/h6-12H,1-5H3,(H,18,19)/b7-6+,9-8+. The van der Waals surface area contributed by atoms with E-state index in [1.165, 1.54) is 6.08 Å². The van der Waals surface area contributed by atoms with E-state index in [4.69, 9.17) is 4.74 Å². The third-order valence-corrected chi connectivity index (χ3v) is 2.87. The third kappa shape index (κ3) is 4.57. The van der Waals surface area contributed by atoms with Gasteiger partial charge in [-0.2, -0.15) is 0 Å². The average Bonchev–Trinajstić information content (AvgIpc) is 2.38. The Kier molecular flexibility index (Phi) is 5.56. The van der Waals surface area contributed by atoms with Gasteiger partial charge in [-0.25, -0.2) is 0 Å².